The Kier molecular flexibility index (Phi) is 3.79. The van der Waals surface area contributed by atoms with Crippen molar-refractivity contribution < 1.29 is 14.6 Å². The summed E-state index contributed by atoms with van der Waals surface area (Å²) in [5.74, 6) is -0.121. The zero-order valence-electron chi connectivity index (χ0n) is 11.7. The summed E-state index contributed by atoms with van der Waals surface area (Å²) in [6.45, 7) is 2.62. The highest BCUT2D eigenvalue weighted by Gasteiger charge is 2.32. The van der Waals surface area contributed by atoms with Crippen LogP contribution in [0.1, 0.15) is 16.6 Å². The van der Waals surface area contributed by atoms with E-state index < -0.39 is 0 Å². The molecular weight excluding hydrogens is 290 g/mol. The Bertz CT molecular complexity index is 673. The van der Waals surface area contributed by atoms with Crippen molar-refractivity contribution in [3.8, 4) is 0 Å². The van der Waals surface area contributed by atoms with Crippen LogP contribution in [0.25, 0.3) is 10.2 Å². The molecule has 0 spiro atoms. The third kappa shape index (κ3) is 2.48. The summed E-state index contributed by atoms with van der Waals surface area (Å²) in [6, 6.07) is 3.63. The number of nitrogens with zero attached hydrogens (tertiary/aromatic N) is 2. The van der Waals surface area contributed by atoms with E-state index in [9.17, 15) is 9.90 Å². The molecule has 0 bridgehead atoms. The zero-order chi connectivity index (χ0) is 15.0. The van der Waals surface area contributed by atoms with Crippen LogP contribution in [0.5, 0.6) is 0 Å². The number of nitrogen functional groups attached to an aromatic ring is 1. The van der Waals surface area contributed by atoms with Gasteiger partial charge in [-0.1, -0.05) is 0 Å². The highest BCUT2D eigenvalue weighted by molar-refractivity contribution is 7.21. The number of aromatic nitrogens is 1. The Morgan fingerprint density at radius 3 is 3.19 bits per heavy atom. The number of aliphatic hydroxyl groups excluding tert-OH is 1. The number of ether oxygens (including phenoxy) is 1. The van der Waals surface area contributed by atoms with Gasteiger partial charge < -0.3 is 20.5 Å². The van der Waals surface area contributed by atoms with Gasteiger partial charge in [0.1, 0.15) is 9.71 Å². The number of amides is 1. The molecule has 112 valence electrons. The molecule has 0 aliphatic carbocycles. The van der Waals surface area contributed by atoms with Crippen molar-refractivity contribution in [3.05, 3.63) is 23.2 Å². The van der Waals surface area contributed by atoms with Crippen LogP contribution in [0.2, 0.25) is 0 Å². The third-order valence-corrected chi connectivity index (χ3v) is 4.79. The van der Waals surface area contributed by atoms with E-state index in [-0.39, 0.29) is 24.7 Å². The Balaban J connectivity index is 1.94. The van der Waals surface area contributed by atoms with Crippen molar-refractivity contribution in [2.45, 2.75) is 19.1 Å². The lowest BCUT2D eigenvalue weighted by Gasteiger charge is -2.37. The fourth-order valence-corrected chi connectivity index (χ4v) is 3.47. The van der Waals surface area contributed by atoms with Gasteiger partial charge in [0, 0.05) is 18.1 Å². The van der Waals surface area contributed by atoms with Crippen molar-refractivity contribution in [2.24, 2.45) is 0 Å². The van der Waals surface area contributed by atoms with Gasteiger partial charge in [0.05, 0.1) is 31.0 Å². The molecule has 3 rings (SSSR count). The van der Waals surface area contributed by atoms with Gasteiger partial charge in [0.15, 0.2) is 0 Å². The first-order valence-electron chi connectivity index (χ1n) is 6.78. The van der Waals surface area contributed by atoms with Crippen molar-refractivity contribution in [2.75, 3.05) is 25.5 Å². The fraction of sp³-hybridized carbons (Fsp3) is 0.429. The molecule has 1 aliphatic heterocycles. The first kappa shape index (κ1) is 14.2. The largest absolute Gasteiger partial charge is 0.397 e. The van der Waals surface area contributed by atoms with Crippen LogP contribution >= 0.6 is 11.3 Å². The molecule has 0 saturated carbocycles. The maximum Gasteiger partial charge on any atom is 0.266 e. The van der Waals surface area contributed by atoms with E-state index >= 15 is 0 Å². The molecule has 2 unspecified atom stereocenters. The van der Waals surface area contributed by atoms with Crippen LogP contribution in [0.15, 0.2) is 18.3 Å². The van der Waals surface area contributed by atoms with Gasteiger partial charge in [-0.3, -0.25) is 4.79 Å². The van der Waals surface area contributed by atoms with Crippen LogP contribution in [0, 0.1) is 0 Å². The molecule has 0 aromatic carbocycles. The van der Waals surface area contributed by atoms with Gasteiger partial charge in [-0.05, 0) is 19.1 Å². The van der Waals surface area contributed by atoms with Crippen molar-refractivity contribution >= 4 is 33.1 Å². The molecule has 6 nitrogen and oxygen atoms in total. The lowest BCUT2D eigenvalue weighted by Crippen LogP contribution is -2.51. The summed E-state index contributed by atoms with van der Waals surface area (Å²) >= 11 is 1.31. The molecule has 1 amide bonds. The van der Waals surface area contributed by atoms with E-state index in [4.69, 9.17) is 10.5 Å². The second-order valence-electron chi connectivity index (χ2n) is 5.15. The van der Waals surface area contributed by atoms with Crippen molar-refractivity contribution in [1.29, 1.82) is 0 Å². The Hall–Kier alpha value is -1.70. The van der Waals surface area contributed by atoms with Crippen LogP contribution in [0.4, 0.5) is 5.69 Å². The highest BCUT2D eigenvalue weighted by atomic mass is 32.1. The minimum Gasteiger partial charge on any atom is -0.397 e. The summed E-state index contributed by atoms with van der Waals surface area (Å²) in [7, 11) is 0. The Morgan fingerprint density at radius 2 is 2.48 bits per heavy atom. The number of rotatable bonds is 2. The van der Waals surface area contributed by atoms with E-state index in [0.717, 1.165) is 10.2 Å². The average Bonchev–Trinajstić information content (AvgIpc) is 2.85. The molecule has 2 aromatic heterocycles. The number of anilines is 1. The standard InChI is InChI=1S/C14H17N3O3S/c1-8-7-20-9(6-18)5-17(8)14(19)12-11(15)10-3-2-4-16-13(10)21-12/h2-4,8-9,18H,5-7,15H2,1H3. The molecule has 3 N–H and O–H groups in total. The maximum absolute atomic E-state index is 12.8. The molecule has 3 heterocycles. The normalized spacial score (nSPS) is 22.7. The maximum atomic E-state index is 12.8. The van der Waals surface area contributed by atoms with Gasteiger partial charge in [-0.2, -0.15) is 0 Å². The molecular formula is C14H17N3O3S. The van der Waals surface area contributed by atoms with Gasteiger partial charge in [-0.25, -0.2) is 4.98 Å². The summed E-state index contributed by atoms with van der Waals surface area (Å²) in [4.78, 5) is 20.0. The quantitative estimate of drug-likeness (QED) is 0.867. The third-order valence-electron chi connectivity index (χ3n) is 3.67. The average molecular weight is 307 g/mol. The number of morpholine rings is 1. The van der Waals surface area contributed by atoms with Crippen molar-refractivity contribution in [3.63, 3.8) is 0 Å². The number of pyridine rings is 1. The Morgan fingerprint density at radius 1 is 1.67 bits per heavy atom. The molecule has 21 heavy (non-hydrogen) atoms. The van der Waals surface area contributed by atoms with E-state index in [1.165, 1.54) is 11.3 Å². The number of aliphatic hydroxyl groups is 1. The number of hydrogen-bond acceptors (Lipinski definition) is 6. The monoisotopic (exact) mass is 307 g/mol. The minimum atomic E-state index is -0.334. The van der Waals surface area contributed by atoms with Crippen molar-refractivity contribution in [1.82, 2.24) is 9.88 Å². The number of carbonyl (C=O) groups is 1. The lowest BCUT2D eigenvalue weighted by molar-refractivity contribution is -0.0666. The van der Waals surface area contributed by atoms with Gasteiger partial charge in [0.25, 0.3) is 5.91 Å². The van der Waals surface area contributed by atoms with E-state index in [1.54, 1.807) is 17.2 Å². The SMILES string of the molecule is CC1COC(CO)CN1C(=O)c1sc2ncccc2c1N. The Labute approximate surface area is 126 Å². The van der Waals surface area contributed by atoms with Gasteiger partial charge in [0.2, 0.25) is 0 Å². The summed E-state index contributed by atoms with van der Waals surface area (Å²) in [6.07, 6.45) is 1.35. The molecule has 1 saturated heterocycles. The fourth-order valence-electron chi connectivity index (χ4n) is 2.45. The first-order valence-corrected chi connectivity index (χ1v) is 7.60. The highest BCUT2D eigenvalue weighted by Crippen LogP contribution is 2.33. The minimum absolute atomic E-state index is 0.0436. The number of hydrogen-bond donors (Lipinski definition) is 2. The van der Waals surface area contributed by atoms with Gasteiger partial charge in [-0.15, -0.1) is 11.3 Å². The zero-order valence-corrected chi connectivity index (χ0v) is 12.5. The van der Waals surface area contributed by atoms with Crippen LogP contribution in [-0.4, -0.2) is 52.8 Å². The van der Waals surface area contributed by atoms with E-state index in [2.05, 4.69) is 4.98 Å². The second-order valence-corrected chi connectivity index (χ2v) is 6.14. The second kappa shape index (κ2) is 5.59. The number of thiophene rings is 1. The summed E-state index contributed by atoms with van der Waals surface area (Å²) in [5.41, 5.74) is 6.58. The van der Waals surface area contributed by atoms with Gasteiger partial charge >= 0.3 is 0 Å². The van der Waals surface area contributed by atoms with Crippen LogP contribution < -0.4 is 5.73 Å². The predicted octanol–water partition coefficient (Wildman–Crippen LogP) is 1.10. The molecule has 2 atom stereocenters. The summed E-state index contributed by atoms with van der Waals surface area (Å²) < 4.78 is 5.46. The summed E-state index contributed by atoms with van der Waals surface area (Å²) in [5, 5.41) is 10.0. The molecule has 0 radical (unpaired) electrons. The molecule has 7 heteroatoms. The van der Waals surface area contributed by atoms with E-state index in [1.807, 2.05) is 13.0 Å². The molecule has 1 aliphatic rings. The molecule has 2 aromatic rings. The van der Waals surface area contributed by atoms with E-state index in [0.29, 0.717) is 23.7 Å². The smallest absolute Gasteiger partial charge is 0.266 e. The number of carbonyl (C=O) groups excluding carboxylic acids is 1. The number of nitrogens with two attached hydrogens (primary N) is 1. The number of fused-ring (bicyclic) bond motifs is 1. The van der Waals surface area contributed by atoms with Crippen LogP contribution in [-0.2, 0) is 4.74 Å². The lowest BCUT2D eigenvalue weighted by atomic mass is 10.1. The molecule has 1 fully saturated rings. The van der Waals surface area contributed by atoms with Crippen LogP contribution in [0.3, 0.4) is 0 Å². The topological polar surface area (TPSA) is 88.7 Å². The first-order chi connectivity index (χ1) is 10.1. The predicted molar refractivity (Wildman–Crippen MR) is 81.4 cm³/mol.